The Morgan fingerprint density at radius 3 is 2.12 bits per heavy atom. The monoisotopic (exact) mass is 340 g/mol. The zero-order valence-corrected chi connectivity index (χ0v) is 14.8. The van der Waals surface area contributed by atoms with Crippen molar-refractivity contribution in [3.8, 4) is 34.0 Å². The van der Waals surface area contributed by atoms with E-state index in [4.69, 9.17) is 5.10 Å². The Hall–Kier alpha value is -3.33. The predicted octanol–water partition coefficient (Wildman–Crippen LogP) is 5.53. The van der Waals surface area contributed by atoms with E-state index in [2.05, 4.69) is 19.1 Å². The Kier molecular flexibility index (Phi) is 4.05. The molecule has 0 aliphatic heterocycles. The topological polar surface area (TPSA) is 38.0 Å². The van der Waals surface area contributed by atoms with Gasteiger partial charge in [-0.15, -0.1) is 0 Å². The summed E-state index contributed by atoms with van der Waals surface area (Å²) in [7, 11) is 0. The van der Waals surface area contributed by atoms with Crippen molar-refractivity contribution in [2.75, 3.05) is 0 Å². The average Bonchev–Trinajstić information content (AvgIpc) is 3.00. The zero-order valence-electron chi connectivity index (χ0n) is 14.8. The molecule has 1 N–H and O–H groups in total. The first-order chi connectivity index (χ1) is 12.6. The van der Waals surface area contributed by atoms with Crippen molar-refractivity contribution in [3.05, 3.63) is 90.0 Å². The average molecular weight is 340 g/mol. The van der Waals surface area contributed by atoms with Crippen molar-refractivity contribution >= 4 is 0 Å². The molecule has 0 aliphatic rings. The second-order valence-electron chi connectivity index (χ2n) is 6.53. The van der Waals surface area contributed by atoms with E-state index in [0.29, 0.717) is 0 Å². The molecule has 3 heteroatoms. The fourth-order valence-corrected chi connectivity index (χ4v) is 3.14. The van der Waals surface area contributed by atoms with Gasteiger partial charge in [0, 0.05) is 5.56 Å². The number of hydrogen-bond acceptors (Lipinski definition) is 2. The molecular formula is C23H20N2O. The van der Waals surface area contributed by atoms with Crippen LogP contribution in [-0.4, -0.2) is 14.9 Å². The summed E-state index contributed by atoms with van der Waals surface area (Å²) in [5.41, 5.74) is 6.62. The number of aromatic hydroxyl groups is 1. The number of rotatable bonds is 3. The maximum Gasteiger partial charge on any atom is 0.222 e. The van der Waals surface area contributed by atoms with Gasteiger partial charge in [0.05, 0.1) is 11.3 Å². The third kappa shape index (κ3) is 2.88. The molecule has 1 aromatic heterocycles. The van der Waals surface area contributed by atoms with E-state index in [-0.39, 0.29) is 5.88 Å². The van der Waals surface area contributed by atoms with Crippen LogP contribution in [0.15, 0.2) is 78.9 Å². The molecule has 0 saturated carbocycles. The Balaban J connectivity index is 1.97. The Morgan fingerprint density at radius 2 is 1.42 bits per heavy atom. The van der Waals surface area contributed by atoms with Gasteiger partial charge in [0.1, 0.15) is 5.69 Å². The summed E-state index contributed by atoms with van der Waals surface area (Å²) in [6, 6.07) is 26.1. The fourth-order valence-electron chi connectivity index (χ4n) is 3.14. The first-order valence-electron chi connectivity index (χ1n) is 8.65. The molecule has 0 atom stereocenters. The SMILES string of the molecule is Cc1ccc(-n2nc(-c3cccc(C)c3)c(-c3ccccc3)c2O)cc1. The Labute approximate surface area is 153 Å². The lowest BCUT2D eigenvalue weighted by molar-refractivity contribution is 0.435. The Bertz CT molecular complexity index is 1050. The van der Waals surface area contributed by atoms with Crippen molar-refractivity contribution in [3.63, 3.8) is 0 Å². The normalized spacial score (nSPS) is 10.8. The lowest BCUT2D eigenvalue weighted by Gasteiger charge is -2.05. The highest BCUT2D eigenvalue weighted by molar-refractivity contribution is 5.85. The molecule has 1 heterocycles. The minimum absolute atomic E-state index is 0.150. The van der Waals surface area contributed by atoms with Crippen LogP contribution >= 0.6 is 0 Å². The van der Waals surface area contributed by atoms with E-state index in [9.17, 15) is 5.11 Å². The van der Waals surface area contributed by atoms with Crippen LogP contribution in [0.25, 0.3) is 28.1 Å². The summed E-state index contributed by atoms with van der Waals surface area (Å²) in [5, 5.41) is 15.8. The lowest BCUT2D eigenvalue weighted by Crippen LogP contribution is -1.96. The highest BCUT2D eigenvalue weighted by Crippen LogP contribution is 2.39. The van der Waals surface area contributed by atoms with Crippen LogP contribution in [0.4, 0.5) is 0 Å². The Morgan fingerprint density at radius 1 is 0.731 bits per heavy atom. The van der Waals surface area contributed by atoms with Crippen LogP contribution < -0.4 is 0 Å². The van der Waals surface area contributed by atoms with Gasteiger partial charge < -0.3 is 5.11 Å². The molecule has 0 amide bonds. The van der Waals surface area contributed by atoms with Gasteiger partial charge in [-0.2, -0.15) is 5.10 Å². The van der Waals surface area contributed by atoms with Crippen LogP contribution in [0.5, 0.6) is 5.88 Å². The third-order valence-corrected chi connectivity index (χ3v) is 4.49. The van der Waals surface area contributed by atoms with Gasteiger partial charge in [-0.05, 0) is 37.6 Å². The first-order valence-corrected chi connectivity index (χ1v) is 8.65. The molecule has 0 radical (unpaired) electrons. The zero-order chi connectivity index (χ0) is 18.1. The van der Waals surface area contributed by atoms with Gasteiger partial charge >= 0.3 is 0 Å². The summed E-state index contributed by atoms with van der Waals surface area (Å²) in [5.74, 6) is 0.150. The molecule has 0 saturated heterocycles. The smallest absolute Gasteiger partial charge is 0.222 e. The maximum atomic E-state index is 11.0. The van der Waals surface area contributed by atoms with Gasteiger partial charge in [-0.25, -0.2) is 4.68 Å². The van der Waals surface area contributed by atoms with Gasteiger partial charge in [0.25, 0.3) is 0 Å². The molecule has 0 fully saturated rings. The van der Waals surface area contributed by atoms with Crippen LogP contribution in [0.2, 0.25) is 0 Å². The summed E-state index contributed by atoms with van der Waals surface area (Å²) in [4.78, 5) is 0. The number of aromatic nitrogens is 2. The quantitative estimate of drug-likeness (QED) is 0.532. The molecular weight excluding hydrogens is 320 g/mol. The summed E-state index contributed by atoms with van der Waals surface area (Å²) < 4.78 is 1.61. The molecule has 0 aliphatic carbocycles. The molecule has 0 unspecified atom stereocenters. The minimum atomic E-state index is 0.150. The molecule has 128 valence electrons. The van der Waals surface area contributed by atoms with Gasteiger partial charge in [-0.1, -0.05) is 71.8 Å². The van der Waals surface area contributed by atoms with Crippen molar-refractivity contribution < 1.29 is 5.11 Å². The largest absolute Gasteiger partial charge is 0.493 e. The third-order valence-electron chi connectivity index (χ3n) is 4.49. The van der Waals surface area contributed by atoms with E-state index >= 15 is 0 Å². The number of aryl methyl sites for hydroxylation is 2. The van der Waals surface area contributed by atoms with Crippen LogP contribution in [-0.2, 0) is 0 Å². The van der Waals surface area contributed by atoms with Gasteiger partial charge in [-0.3, -0.25) is 0 Å². The predicted molar refractivity (Wildman–Crippen MR) is 106 cm³/mol. The van der Waals surface area contributed by atoms with E-state index in [1.54, 1.807) is 4.68 Å². The molecule has 3 aromatic carbocycles. The molecule has 4 rings (SSSR count). The van der Waals surface area contributed by atoms with Crippen molar-refractivity contribution in [1.29, 1.82) is 0 Å². The summed E-state index contributed by atoms with van der Waals surface area (Å²) in [6.07, 6.45) is 0. The second kappa shape index (κ2) is 6.52. The minimum Gasteiger partial charge on any atom is -0.493 e. The number of hydrogen-bond donors (Lipinski definition) is 1. The van der Waals surface area contributed by atoms with E-state index < -0.39 is 0 Å². The van der Waals surface area contributed by atoms with E-state index in [0.717, 1.165) is 33.6 Å². The summed E-state index contributed by atoms with van der Waals surface area (Å²) in [6.45, 7) is 4.10. The second-order valence-corrected chi connectivity index (χ2v) is 6.53. The van der Waals surface area contributed by atoms with Crippen LogP contribution in [0, 0.1) is 13.8 Å². The number of benzene rings is 3. The summed E-state index contributed by atoms with van der Waals surface area (Å²) >= 11 is 0. The molecule has 3 nitrogen and oxygen atoms in total. The molecule has 0 bridgehead atoms. The van der Waals surface area contributed by atoms with Gasteiger partial charge in [0.2, 0.25) is 5.88 Å². The van der Waals surface area contributed by atoms with Crippen LogP contribution in [0.1, 0.15) is 11.1 Å². The first kappa shape index (κ1) is 16.2. The maximum absolute atomic E-state index is 11.0. The van der Waals surface area contributed by atoms with E-state index in [1.807, 2.05) is 73.7 Å². The molecule has 26 heavy (non-hydrogen) atoms. The number of nitrogens with zero attached hydrogens (tertiary/aromatic N) is 2. The lowest BCUT2D eigenvalue weighted by atomic mass is 10.0. The van der Waals surface area contributed by atoms with E-state index in [1.165, 1.54) is 5.56 Å². The van der Waals surface area contributed by atoms with Crippen LogP contribution in [0.3, 0.4) is 0 Å². The van der Waals surface area contributed by atoms with Crippen molar-refractivity contribution in [2.45, 2.75) is 13.8 Å². The molecule has 0 spiro atoms. The highest BCUT2D eigenvalue weighted by Gasteiger charge is 2.21. The fraction of sp³-hybridized carbons (Fsp3) is 0.0870. The molecule has 4 aromatic rings. The highest BCUT2D eigenvalue weighted by atomic mass is 16.3. The van der Waals surface area contributed by atoms with Crippen molar-refractivity contribution in [1.82, 2.24) is 9.78 Å². The standard InChI is InChI=1S/C23H20N2O/c1-16-11-13-20(14-12-16)25-23(26)21(18-8-4-3-5-9-18)22(24-25)19-10-6-7-17(2)15-19/h3-15,26H,1-2H3. The van der Waals surface area contributed by atoms with Crippen molar-refractivity contribution in [2.24, 2.45) is 0 Å². The van der Waals surface area contributed by atoms with Gasteiger partial charge in [0.15, 0.2) is 0 Å².